The van der Waals surface area contributed by atoms with E-state index in [2.05, 4.69) is 35.1 Å². The molecule has 0 aromatic carbocycles. The molecule has 2 heterocycles. The zero-order valence-electron chi connectivity index (χ0n) is 12.1. The summed E-state index contributed by atoms with van der Waals surface area (Å²) in [6, 6.07) is 11.8. The monoisotopic (exact) mass is 278 g/mol. The second kappa shape index (κ2) is 6.02. The summed E-state index contributed by atoms with van der Waals surface area (Å²) in [5.74, 6) is 0. The summed E-state index contributed by atoms with van der Waals surface area (Å²) < 4.78 is 6.03. The van der Waals surface area contributed by atoms with Gasteiger partial charge in [0.1, 0.15) is 0 Å². The number of rotatable bonds is 4. The summed E-state index contributed by atoms with van der Waals surface area (Å²) in [5.41, 5.74) is 2.82. The molecule has 0 saturated heterocycles. The average molecular weight is 278 g/mol. The van der Waals surface area contributed by atoms with Gasteiger partial charge in [-0.1, -0.05) is 30.4 Å². The van der Waals surface area contributed by atoms with Crippen LogP contribution in [-0.2, 0) is 11.3 Å². The van der Waals surface area contributed by atoms with Crippen molar-refractivity contribution in [3.05, 3.63) is 78.4 Å². The fraction of sp³-hybridized carbons (Fsp3) is 0.222. The van der Waals surface area contributed by atoms with Gasteiger partial charge in [-0.3, -0.25) is 9.97 Å². The van der Waals surface area contributed by atoms with E-state index in [1.807, 2.05) is 42.6 Å². The smallest absolute Gasteiger partial charge is 0.0899 e. The minimum atomic E-state index is -0.282. The predicted molar refractivity (Wildman–Crippen MR) is 83.4 cm³/mol. The third-order valence-electron chi connectivity index (χ3n) is 3.58. The Morgan fingerprint density at radius 2 is 1.90 bits per heavy atom. The van der Waals surface area contributed by atoms with Gasteiger partial charge in [-0.2, -0.15) is 0 Å². The number of hydrogen-bond acceptors (Lipinski definition) is 3. The summed E-state index contributed by atoms with van der Waals surface area (Å²) in [7, 11) is 0. The summed E-state index contributed by atoms with van der Waals surface area (Å²) in [6.07, 6.45) is 10.8. The first-order chi connectivity index (χ1) is 10.3. The van der Waals surface area contributed by atoms with Crippen LogP contribution in [0.4, 0.5) is 0 Å². The Bertz CT molecular complexity index is 649. The van der Waals surface area contributed by atoms with Crippen molar-refractivity contribution in [2.24, 2.45) is 0 Å². The minimum absolute atomic E-state index is 0.282. The van der Waals surface area contributed by atoms with Gasteiger partial charge in [0.2, 0.25) is 0 Å². The maximum Gasteiger partial charge on any atom is 0.0899 e. The lowest BCUT2D eigenvalue weighted by Gasteiger charge is -2.28. The van der Waals surface area contributed by atoms with Crippen molar-refractivity contribution in [1.82, 2.24) is 9.97 Å². The summed E-state index contributed by atoms with van der Waals surface area (Å²) in [4.78, 5) is 8.66. The molecule has 1 atom stereocenters. The van der Waals surface area contributed by atoms with Gasteiger partial charge >= 0.3 is 0 Å². The Balaban J connectivity index is 1.64. The van der Waals surface area contributed by atoms with Crippen molar-refractivity contribution in [1.29, 1.82) is 0 Å². The van der Waals surface area contributed by atoms with Gasteiger partial charge in [-0.25, -0.2) is 0 Å². The number of aromatic nitrogens is 2. The Labute approximate surface area is 125 Å². The molecule has 0 radical (unpaired) electrons. The largest absolute Gasteiger partial charge is 0.365 e. The van der Waals surface area contributed by atoms with Gasteiger partial charge in [-0.05, 0) is 43.2 Å². The van der Waals surface area contributed by atoms with Crippen molar-refractivity contribution in [3.8, 4) is 0 Å². The maximum atomic E-state index is 6.03. The molecule has 1 unspecified atom stereocenters. The standard InChI is InChI=1S/C18H18N2O/c1-18(21-14-16-6-2-4-12-19-16)10-8-15(9-11-18)17-7-3-5-13-20-17/h2-10,12-13H,11,14H2,1H3. The molecule has 106 valence electrons. The molecule has 0 aliphatic heterocycles. The average Bonchev–Trinajstić information content (AvgIpc) is 2.56. The third kappa shape index (κ3) is 3.44. The maximum absolute atomic E-state index is 6.03. The number of nitrogens with zero attached hydrogens (tertiary/aromatic N) is 2. The molecule has 3 rings (SSSR count). The summed E-state index contributed by atoms with van der Waals surface area (Å²) in [5, 5.41) is 0. The lowest BCUT2D eigenvalue weighted by atomic mass is 9.92. The zero-order chi connectivity index (χ0) is 14.5. The molecular formula is C18H18N2O. The van der Waals surface area contributed by atoms with Gasteiger partial charge < -0.3 is 4.74 Å². The van der Waals surface area contributed by atoms with Gasteiger partial charge in [0.05, 0.1) is 23.6 Å². The van der Waals surface area contributed by atoms with Crippen molar-refractivity contribution in [3.63, 3.8) is 0 Å². The highest BCUT2D eigenvalue weighted by molar-refractivity contribution is 5.73. The second-order valence-electron chi connectivity index (χ2n) is 5.33. The molecule has 3 heteroatoms. The third-order valence-corrected chi connectivity index (χ3v) is 3.58. The van der Waals surface area contributed by atoms with Crippen LogP contribution in [-0.4, -0.2) is 15.6 Å². The van der Waals surface area contributed by atoms with Crippen LogP contribution in [0.3, 0.4) is 0 Å². The highest BCUT2D eigenvalue weighted by Crippen LogP contribution is 2.29. The van der Waals surface area contributed by atoms with Crippen LogP contribution in [0.15, 0.2) is 67.0 Å². The highest BCUT2D eigenvalue weighted by Gasteiger charge is 2.24. The highest BCUT2D eigenvalue weighted by atomic mass is 16.5. The Kier molecular flexibility index (Phi) is 3.93. The van der Waals surface area contributed by atoms with Gasteiger partial charge in [-0.15, -0.1) is 0 Å². The Morgan fingerprint density at radius 1 is 1.10 bits per heavy atom. The van der Waals surface area contributed by atoms with Crippen LogP contribution in [0.25, 0.3) is 5.57 Å². The zero-order valence-corrected chi connectivity index (χ0v) is 12.1. The topological polar surface area (TPSA) is 35.0 Å². The molecule has 2 aromatic heterocycles. The van der Waals surface area contributed by atoms with Crippen molar-refractivity contribution in [2.45, 2.75) is 25.6 Å². The molecule has 0 amide bonds. The molecule has 0 bridgehead atoms. The molecule has 21 heavy (non-hydrogen) atoms. The number of ether oxygens (including phenoxy) is 1. The first kappa shape index (κ1) is 13.7. The molecule has 0 spiro atoms. The van der Waals surface area contributed by atoms with E-state index in [1.54, 1.807) is 6.20 Å². The molecule has 3 nitrogen and oxygen atoms in total. The minimum Gasteiger partial charge on any atom is -0.365 e. The first-order valence-corrected chi connectivity index (χ1v) is 7.10. The Morgan fingerprint density at radius 3 is 2.52 bits per heavy atom. The fourth-order valence-corrected chi connectivity index (χ4v) is 2.27. The SMILES string of the molecule is CC1(OCc2ccccn2)C=CC(c2ccccn2)=CC1. The van der Waals surface area contributed by atoms with Crippen LogP contribution >= 0.6 is 0 Å². The first-order valence-electron chi connectivity index (χ1n) is 7.10. The predicted octanol–water partition coefficient (Wildman–Crippen LogP) is 3.80. The fourth-order valence-electron chi connectivity index (χ4n) is 2.27. The lowest BCUT2D eigenvalue weighted by molar-refractivity contribution is -0.00660. The van der Waals surface area contributed by atoms with Gasteiger partial charge in [0.15, 0.2) is 0 Å². The Hall–Kier alpha value is -2.26. The van der Waals surface area contributed by atoms with E-state index in [0.717, 1.165) is 23.4 Å². The van der Waals surface area contributed by atoms with E-state index >= 15 is 0 Å². The van der Waals surface area contributed by atoms with E-state index in [0.29, 0.717) is 6.61 Å². The van der Waals surface area contributed by atoms with E-state index in [1.165, 1.54) is 0 Å². The van der Waals surface area contributed by atoms with Crippen LogP contribution in [0.5, 0.6) is 0 Å². The molecule has 2 aromatic rings. The number of hydrogen-bond donors (Lipinski definition) is 0. The quantitative estimate of drug-likeness (QED) is 0.853. The van der Waals surface area contributed by atoms with Crippen LogP contribution < -0.4 is 0 Å². The van der Waals surface area contributed by atoms with Crippen LogP contribution in [0, 0.1) is 0 Å². The normalized spacial score (nSPS) is 21.1. The van der Waals surface area contributed by atoms with Crippen molar-refractivity contribution in [2.75, 3.05) is 0 Å². The molecule has 1 aliphatic rings. The van der Waals surface area contributed by atoms with Gasteiger partial charge in [0, 0.05) is 12.4 Å². The molecule has 0 saturated carbocycles. The molecular weight excluding hydrogens is 260 g/mol. The molecule has 0 N–H and O–H groups in total. The molecule has 0 fully saturated rings. The molecule has 1 aliphatic carbocycles. The lowest BCUT2D eigenvalue weighted by Crippen LogP contribution is -2.27. The van der Waals surface area contributed by atoms with Gasteiger partial charge in [0.25, 0.3) is 0 Å². The van der Waals surface area contributed by atoms with Crippen molar-refractivity contribution >= 4 is 5.57 Å². The number of pyridine rings is 2. The van der Waals surface area contributed by atoms with E-state index < -0.39 is 0 Å². The van der Waals surface area contributed by atoms with Crippen LogP contribution in [0.2, 0.25) is 0 Å². The summed E-state index contributed by atoms with van der Waals surface area (Å²) >= 11 is 0. The van der Waals surface area contributed by atoms with E-state index in [-0.39, 0.29) is 5.60 Å². The van der Waals surface area contributed by atoms with Crippen LogP contribution in [0.1, 0.15) is 24.7 Å². The number of allylic oxidation sites excluding steroid dienone is 2. The summed E-state index contributed by atoms with van der Waals surface area (Å²) in [6.45, 7) is 2.62. The second-order valence-corrected chi connectivity index (χ2v) is 5.33. The van der Waals surface area contributed by atoms with Crippen molar-refractivity contribution < 1.29 is 4.74 Å². The van der Waals surface area contributed by atoms with E-state index in [4.69, 9.17) is 4.74 Å². The van der Waals surface area contributed by atoms with E-state index in [9.17, 15) is 0 Å².